The zero-order valence-corrected chi connectivity index (χ0v) is 13.5. The summed E-state index contributed by atoms with van der Waals surface area (Å²) < 4.78 is 30.7. The third-order valence-electron chi connectivity index (χ3n) is 2.49. The van der Waals surface area contributed by atoms with Crippen LogP contribution in [0.4, 0.5) is 19.6 Å². The number of nitrogens with zero attached hydrogens (tertiary/aromatic N) is 1. The summed E-state index contributed by atoms with van der Waals surface area (Å²) in [6.45, 7) is 1.67. The minimum absolute atomic E-state index is 0.0856. The van der Waals surface area contributed by atoms with Crippen LogP contribution < -0.4 is 5.32 Å². The highest BCUT2D eigenvalue weighted by atomic mass is 35.5. The number of alkyl halides is 2. The van der Waals surface area contributed by atoms with Gasteiger partial charge in [-0.1, -0.05) is 34.5 Å². The van der Waals surface area contributed by atoms with Gasteiger partial charge in [-0.15, -0.1) is 0 Å². The fraction of sp³-hybridized carbons (Fsp3) is 0.231. The Balaban J connectivity index is 2.34. The predicted molar refractivity (Wildman–Crippen MR) is 82.8 cm³/mol. The number of carbonyl (C=O) groups is 1. The van der Waals surface area contributed by atoms with Gasteiger partial charge < -0.3 is 10.1 Å². The second-order valence-corrected chi connectivity index (χ2v) is 5.85. The van der Waals surface area contributed by atoms with Crippen LogP contribution >= 0.6 is 34.5 Å². The van der Waals surface area contributed by atoms with Crippen LogP contribution in [0.3, 0.4) is 0 Å². The fourth-order valence-electron chi connectivity index (χ4n) is 1.58. The van der Waals surface area contributed by atoms with Crippen molar-refractivity contribution in [1.82, 2.24) is 4.98 Å². The molecule has 0 aliphatic carbocycles. The number of esters is 1. The van der Waals surface area contributed by atoms with Crippen molar-refractivity contribution in [2.75, 3.05) is 11.9 Å². The van der Waals surface area contributed by atoms with E-state index in [1.807, 2.05) is 0 Å². The van der Waals surface area contributed by atoms with Crippen LogP contribution in [-0.2, 0) is 4.74 Å². The van der Waals surface area contributed by atoms with Crippen LogP contribution in [-0.4, -0.2) is 17.6 Å². The smallest absolute Gasteiger partial charge is 0.350 e. The molecule has 0 aliphatic heterocycles. The number of hydrogen-bond donors (Lipinski definition) is 1. The van der Waals surface area contributed by atoms with E-state index in [9.17, 15) is 13.6 Å². The minimum atomic E-state index is -2.89. The first-order valence-electron chi connectivity index (χ1n) is 6.10. The van der Waals surface area contributed by atoms with E-state index in [4.69, 9.17) is 27.9 Å². The van der Waals surface area contributed by atoms with Crippen LogP contribution in [0, 0.1) is 0 Å². The molecule has 0 bridgehead atoms. The van der Waals surface area contributed by atoms with E-state index in [0.717, 1.165) is 11.3 Å². The lowest BCUT2D eigenvalue weighted by Crippen LogP contribution is -2.05. The second-order valence-electron chi connectivity index (χ2n) is 4.00. The number of carbonyl (C=O) groups excluding carboxylic acids is 1. The van der Waals surface area contributed by atoms with E-state index in [1.54, 1.807) is 19.1 Å². The number of nitrogens with one attached hydrogen (secondary N) is 1. The molecule has 1 aromatic carbocycles. The summed E-state index contributed by atoms with van der Waals surface area (Å²) >= 11 is 12.6. The summed E-state index contributed by atoms with van der Waals surface area (Å²) in [7, 11) is 0. The lowest BCUT2D eigenvalue weighted by Gasteiger charge is -2.05. The SMILES string of the molecule is CCOC(=O)c1sc(Nc2cc(Cl)ccc2Cl)nc1C(F)F. The van der Waals surface area contributed by atoms with Crippen molar-refractivity contribution in [2.24, 2.45) is 0 Å². The Bertz CT molecular complexity index is 695. The molecule has 0 saturated heterocycles. The lowest BCUT2D eigenvalue weighted by atomic mass is 10.3. The minimum Gasteiger partial charge on any atom is -0.462 e. The molecule has 0 aliphatic rings. The molecule has 9 heteroatoms. The summed E-state index contributed by atoms with van der Waals surface area (Å²) in [5.41, 5.74) is -0.219. The second kappa shape index (κ2) is 7.21. The molecule has 0 radical (unpaired) electrons. The number of ether oxygens (including phenoxy) is 1. The van der Waals surface area contributed by atoms with Crippen LogP contribution in [0.15, 0.2) is 18.2 Å². The van der Waals surface area contributed by atoms with Crippen LogP contribution in [0.25, 0.3) is 0 Å². The number of anilines is 2. The molecular weight excluding hydrogens is 357 g/mol. The Morgan fingerprint density at radius 2 is 2.18 bits per heavy atom. The van der Waals surface area contributed by atoms with E-state index < -0.39 is 18.1 Å². The maximum atomic E-state index is 13.0. The quantitative estimate of drug-likeness (QED) is 0.728. The molecule has 1 N–H and O–H groups in total. The molecule has 1 heterocycles. The average Bonchev–Trinajstić information content (AvgIpc) is 2.87. The Labute approximate surface area is 139 Å². The van der Waals surface area contributed by atoms with Gasteiger partial charge in [-0.05, 0) is 25.1 Å². The molecule has 2 rings (SSSR count). The van der Waals surface area contributed by atoms with E-state index in [1.165, 1.54) is 6.07 Å². The van der Waals surface area contributed by atoms with Gasteiger partial charge in [-0.2, -0.15) is 0 Å². The number of thiazole rings is 1. The summed E-state index contributed by atoms with van der Waals surface area (Å²) in [4.78, 5) is 15.2. The van der Waals surface area contributed by atoms with Crippen molar-refractivity contribution in [3.05, 3.63) is 38.8 Å². The molecule has 0 unspecified atom stereocenters. The highest BCUT2D eigenvalue weighted by Gasteiger charge is 2.25. The topological polar surface area (TPSA) is 51.2 Å². The number of benzene rings is 1. The van der Waals surface area contributed by atoms with Gasteiger partial charge in [0.2, 0.25) is 0 Å². The van der Waals surface area contributed by atoms with Crippen LogP contribution in [0.1, 0.15) is 28.7 Å². The average molecular weight is 367 g/mol. The van der Waals surface area contributed by atoms with E-state index in [2.05, 4.69) is 10.3 Å². The van der Waals surface area contributed by atoms with Gasteiger partial charge in [0, 0.05) is 5.02 Å². The Kier molecular flexibility index (Phi) is 5.55. The molecule has 22 heavy (non-hydrogen) atoms. The Morgan fingerprint density at radius 3 is 2.82 bits per heavy atom. The first-order chi connectivity index (χ1) is 10.4. The molecule has 0 saturated carbocycles. The van der Waals surface area contributed by atoms with Crippen molar-refractivity contribution in [3.8, 4) is 0 Å². The molecule has 1 aromatic heterocycles. The zero-order chi connectivity index (χ0) is 16.3. The highest BCUT2D eigenvalue weighted by molar-refractivity contribution is 7.17. The third kappa shape index (κ3) is 3.85. The van der Waals surface area contributed by atoms with Gasteiger partial charge in [-0.25, -0.2) is 18.6 Å². The number of rotatable bonds is 5. The summed E-state index contributed by atoms with van der Waals surface area (Å²) in [6, 6.07) is 4.67. The van der Waals surface area contributed by atoms with Gasteiger partial charge in [0.25, 0.3) is 6.43 Å². The van der Waals surface area contributed by atoms with E-state index in [-0.39, 0.29) is 16.6 Å². The maximum Gasteiger partial charge on any atom is 0.350 e. The Hall–Kier alpha value is -1.44. The highest BCUT2D eigenvalue weighted by Crippen LogP contribution is 2.34. The fourth-order valence-corrected chi connectivity index (χ4v) is 2.80. The monoisotopic (exact) mass is 366 g/mol. The number of halogens is 4. The van der Waals surface area contributed by atoms with Gasteiger partial charge in [0.15, 0.2) is 5.13 Å². The van der Waals surface area contributed by atoms with E-state index >= 15 is 0 Å². The molecule has 0 spiro atoms. The molecule has 4 nitrogen and oxygen atoms in total. The predicted octanol–water partition coefficient (Wildman–Crippen LogP) is 5.31. The summed E-state index contributed by atoms with van der Waals surface area (Å²) in [6.07, 6.45) is -2.89. The summed E-state index contributed by atoms with van der Waals surface area (Å²) in [5.74, 6) is -0.833. The number of aromatic nitrogens is 1. The molecule has 0 atom stereocenters. The third-order valence-corrected chi connectivity index (χ3v) is 4.02. The van der Waals surface area contributed by atoms with Gasteiger partial charge >= 0.3 is 5.97 Å². The molecule has 2 aromatic rings. The molecule has 118 valence electrons. The van der Waals surface area contributed by atoms with Crippen molar-refractivity contribution >= 4 is 51.3 Å². The van der Waals surface area contributed by atoms with Crippen molar-refractivity contribution in [1.29, 1.82) is 0 Å². The van der Waals surface area contributed by atoms with Crippen LogP contribution in [0.5, 0.6) is 0 Å². The van der Waals surface area contributed by atoms with Crippen molar-refractivity contribution in [2.45, 2.75) is 13.3 Å². The molecule has 0 amide bonds. The van der Waals surface area contributed by atoms with Gasteiger partial charge in [-0.3, -0.25) is 0 Å². The molecular formula is C13H10Cl2F2N2O2S. The first kappa shape index (κ1) is 16.9. The zero-order valence-electron chi connectivity index (χ0n) is 11.2. The van der Waals surface area contributed by atoms with Gasteiger partial charge in [0.05, 0.1) is 17.3 Å². The summed E-state index contributed by atoms with van der Waals surface area (Å²) in [5, 5.41) is 3.64. The van der Waals surface area contributed by atoms with Crippen molar-refractivity contribution in [3.63, 3.8) is 0 Å². The normalized spacial score (nSPS) is 10.8. The molecule has 0 fully saturated rings. The lowest BCUT2D eigenvalue weighted by molar-refractivity contribution is 0.0521. The first-order valence-corrected chi connectivity index (χ1v) is 7.67. The standard InChI is InChI=1S/C13H10Cl2F2N2O2S/c1-2-21-12(20)10-9(11(16)17)19-13(22-10)18-8-5-6(14)3-4-7(8)15/h3-5,11H,2H2,1H3,(H,18,19). The van der Waals surface area contributed by atoms with Crippen molar-refractivity contribution < 1.29 is 18.3 Å². The van der Waals surface area contributed by atoms with Gasteiger partial charge in [0.1, 0.15) is 10.6 Å². The maximum absolute atomic E-state index is 13.0. The van der Waals surface area contributed by atoms with E-state index in [0.29, 0.717) is 15.7 Å². The Morgan fingerprint density at radius 1 is 1.45 bits per heavy atom. The largest absolute Gasteiger partial charge is 0.462 e. The number of hydrogen-bond acceptors (Lipinski definition) is 5. The van der Waals surface area contributed by atoms with Crippen LogP contribution in [0.2, 0.25) is 10.0 Å².